The summed E-state index contributed by atoms with van der Waals surface area (Å²) in [6.45, 7) is 1.67. The lowest BCUT2D eigenvalue weighted by Gasteiger charge is -2.29. The molecule has 9 heteroatoms. The molecule has 7 nitrogen and oxygen atoms in total. The van der Waals surface area contributed by atoms with Crippen LogP contribution in [0.3, 0.4) is 0 Å². The Labute approximate surface area is 181 Å². The third-order valence-corrected chi connectivity index (χ3v) is 6.02. The van der Waals surface area contributed by atoms with E-state index >= 15 is 0 Å². The molecular weight excluding hydrogens is 426 g/mol. The van der Waals surface area contributed by atoms with Gasteiger partial charge in [-0.05, 0) is 36.6 Å². The van der Waals surface area contributed by atoms with E-state index in [0.717, 1.165) is 16.0 Å². The third kappa shape index (κ3) is 3.67. The molecule has 2 heterocycles. The Bertz CT molecular complexity index is 1160. The fourth-order valence-corrected chi connectivity index (χ4v) is 4.59. The summed E-state index contributed by atoms with van der Waals surface area (Å²) in [5.41, 5.74) is 1.82. The first-order chi connectivity index (χ1) is 14.3. The van der Waals surface area contributed by atoms with E-state index in [1.807, 2.05) is 36.6 Å². The van der Waals surface area contributed by atoms with Gasteiger partial charge in [-0.1, -0.05) is 35.4 Å². The van der Waals surface area contributed by atoms with Crippen molar-refractivity contribution in [2.75, 3.05) is 11.9 Å². The third-order valence-electron chi connectivity index (χ3n) is 4.86. The normalized spacial score (nSPS) is 15.9. The minimum absolute atomic E-state index is 0.155. The lowest BCUT2D eigenvalue weighted by molar-refractivity contribution is -0.385. The second kappa shape index (κ2) is 7.89. The number of fused-ring (bicyclic) bond motifs is 1. The summed E-state index contributed by atoms with van der Waals surface area (Å²) in [7, 11) is 0. The minimum Gasteiger partial charge on any atom is -0.324 e. The Morgan fingerprint density at radius 1 is 1.27 bits per heavy atom. The van der Waals surface area contributed by atoms with E-state index in [0.29, 0.717) is 5.69 Å². The van der Waals surface area contributed by atoms with Crippen LogP contribution in [0.2, 0.25) is 5.02 Å². The fraction of sp³-hybridized carbons (Fsp3) is 0.143. The lowest BCUT2D eigenvalue weighted by Crippen LogP contribution is -2.39. The lowest BCUT2D eigenvalue weighted by atomic mass is 9.98. The molecule has 2 aromatic carbocycles. The number of thiophene rings is 1. The van der Waals surface area contributed by atoms with Crippen molar-refractivity contribution in [1.82, 2.24) is 4.90 Å². The van der Waals surface area contributed by atoms with Crippen molar-refractivity contribution >= 4 is 46.1 Å². The first-order valence-corrected chi connectivity index (χ1v) is 10.3. The molecule has 1 atom stereocenters. The SMILES string of the molecule is Cc1ccc2c(c1)C(c1cccs1)N(C(=O)c1cc(Cl)ccc1[N+](=O)[O-])CC(=O)N2. The number of hydrogen-bond acceptors (Lipinski definition) is 5. The van der Waals surface area contributed by atoms with Crippen LogP contribution in [-0.2, 0) is 4.79 Å². The number of carbonyl (C=O) groups excluding carboxylic acids is 2. The van der Waals surface area contributed by atoms with E-state index in [2.05, 4.69) is 5.32 Å². The average Bonchev–Trinajstić information content (AvgIpc) is 3.18. The second-order valence-electron chi connectivity index (χ2n) is 6.91. The molecule has 0 fully saturated rings. The zero-order chi connectivity index (χ0) is 21.4. The molecule has 4 rings (SSSR count). The van der Waals surface area contributed by atoms with Gasteiger partial charge >= 0.3 is 0 Å². The first-order valence-electron chi connectivity index (χ1n) is 9.04. The molecule has 1 unspecified atom stereocenters. The molecule has 1 aromatic heterocycles. The van der Waals surface area contributed by atoms with Crippen LogP contribution in [0.5, 0.6) is 0 Å². The van der Waals surface area contributed by atoms with E-state index in [1.54, 1.807) is 6.07 Å². The highest BCUT2D eigenvalue weighted by atomic mass is 35.5. The number of anilines is 1. The van der Waals surface area contributed by atoms with Crippen LogP contribution in [0.4, 0.5) is 11.4 Å². The number of nitro benzene ring substituents is 1. The summed E-state index contributed by atoms with van der Waals surface area (Å²) in [5.74, 6) is -1.01. The molecule has 2 amide bonds. The molecule has 152 valence electrons. The standard InChI is InChI=1S/C21H16ClN3O4S/c1-12-4-6-16-14(9-12)20(18-3-2-8-30-18)24(11-19(26)23-16)21(27)15-10-13(22)5-7-17(15)25(28)29/h2-10,20H,11H2,1H3,(H,23,26). The largest absolute Gasteiger partial charge is 0.324 e. The summed E-state index contributed by atoms with van der Waals surface area (Å²) >= 11 is 7.48. The highest BCUT2D eigenvalue weighted by Crippen LogP contribution is 2.39. The minimum atomic E-state index is -0.632. The van der Waals surface area contributed by atoms with Crippen molar-refractivity contribution in [2.45, 2.75) is 13.0 Å². The van der Waals surface area contributed by atoms with E-state index in [9.17, 15) is 19.7 Å². The maximum absolute atomic E-state index is 13.6. The van der Waals surface area contributed by atoms with E-state index < -0.39 is 16.9 Å². The van der Waals surface area contributed by atoms with Gasteiger partial charge in [0.15, 0.2) is 0 Å². The number of halogens is 1. The molecule has 3 aromatic rings. The van der Waals surface area contributed by atoms with Crippen molar-refractivity contribution in [2.24, 2.45) is 0 Å². The average molecular weight is 442 g/mol. The number of amides is 2. The van der Waals surface area contributed by atoms with E-state index in [-0.39, 0.29) is 28.7 Å². The van der Waals surface area contributed by atoms with Gasteiger partial charge in [0, 0.05) is 27.2 Å². The Balaban J connectivity index is 1.91. The van der Waals surface area contributed by atoms with E-state index in [4.69, 9.17) is 11.6 Å². The first kappa shape index (κ1) is 20.1. The molecule has 0 saturated carbocycles. The van der Waals surface area contributed by atoms with Gasteiger partial charge in [0.05, 0.1) is 11.0 Å². The van der Waals surface area contributed by atoms with Crippen molar-refractivity contribution in [1.29, 1.82) is 0 Å². The van der Waals surface area contributed by atoms with Gasteiger partial charge in [-0.3, -0.25) is 19.7 Å². The molecule has 30 heavy (non-hydrogen) atoms. The number of nitrogens with zero attached hydrogens (tertiary/aromatic N) is 2. The molecular formula is C21H16ClN3O4S. The Morgan fingerprint density at radius 3 is 2.77 bits per heavy atom. The van der Waals surface area contributed by atoms with Crippen LogP contribution < -0.4 is 5.32 Å². The number of nitro groups is 1. The molecule has 1 aliphatic heterocycles. The zero-order valence-electron chi connectivity index (χ0n) is 15.8. The summed E-state index contributed by atoms with van der Waals surface area (Å²) in [6, 6.07) is 12.6. The quantitative estimate of drug-likeness (QED) is 0.466. The molecule has 0 saturated heterocycles. The summed E-state index contributed by atoms with van der Waals surface area (Å²) in [4.78, 5) is 39.3. The van der Waals surface area contributed by atoms with Gasteiger partial charge in [0.2, 0.25) is 5.91 Å². The Hall–Kier alpha value is -3.23. The smallest absolute Gasteiger partial charge is 0.282 e. The number of hydrogen-bond donors (Lipinski definition) is 1. The predicted octanol–water partition coefficient (Wildman–Crippen LogP) is 4.80. The van der Waals surface area contributed by atoms with Crippen LogP contribution in [0.1, 0.15) is 32.4 Å². The van der Waals surface area contributed by atoms with Crippen LogP contribution in [0.25, 0.3) is 0 Å². The zero-order valence-corrected chi connectivity index (χ0v) is 17.4. The Morgan fingerprint density at radius 2 is 2.07 bits per heavy atom. The molecule has 0 spiro atoms. The van der Waals surface area contributed by atoms with Gasteiger partial charge in [0.25, 0.3) is 11.6 Å². The van der Waals surface area contributed by atoms with Gasteiger partial charge in [-0.2, -0.15) is 0 Å². The van der Waals surface area contributed by atoms with Crippen molar-refractivity contribution < 1.29 is 14.5 Å². The number of aryl methyl sites for hydroxylation is 1. The van der Waals surface area contributed by atoms with Crippen LogP contribution in [0, 0.1) is 17.0 Å². The molecule has 0 radical (unpaired) electrons. The second-order valence-corrected chi connectivity index (χ2v) is 8.32. The van der Waals surface area contributed by atoms with Crippen LogP contribution >= 0.6 is 22.9 Å². The van der Waals surface area contributed by atoms with Gasteiger partial charge in [-0.15, -0.1) is 11.3 Å². The van der Waals surface area contributed by atoms with Crippen molar-refractivity contribution in [3.63, 3.8) is 0 Å². The summed E-state index contributed by atoms with van der Waals surface area (Å²) in [5, 5.41) is 16.4. The molecule has 0 aliphatic carbocycles. The topological polar surface area (TPSA) is 92.6 Å². The van der Waals surface area contributed by atoms with Gasteiger partial charge in [0.1, 0.15) is 12.1 Å². The van der Waals surface area contributed by atoms with Gasteiger partial charge in [-0.25, -0.2) is 0 Å². The molecule has 0 bridgehead atoms. The van der Waals surface area contributed by atoms with Crippen molar-refractivity contribution in [3.05, 3.63) is 90.6 Å². The predicted molar refractivity (Wildman–Crippen MR) is 115 cm³/mol. The summed E-state index contributed by atoms with van der Waals surface area (Å²) in [6.07, 6.45) is 0. The van der Waals surface area contributed by atoms with E-state index in [1.165, 1.54) is 34.4 Å². The molecule has 1 N–H and O–H groups in total. The highest BCUT2D eigenvalue weighted by Gasteiger charge is 2.36. The van der Waals surface area contributed by atoms with Crippen LogP contribution in [-0.4, -0.2) is 28.2 Å². The number of benzene rings is 2. The van der Waals surface area contributed by atoms with Crippen LogP contribution in [0.15, 0.2) is 53.9 Å². The van der Waals surface area contributed by atoms with Gasteiger partial charge < -0.3 is 10.2 Å². The maximum atomic E-state index is 13.6. The highest BCUT2D eigenvalue weighted by molar-refractivity contribution is 7.10. The Kier molecular flexibility index (Phi) is 5.27. The number of rotatable bonds is 3. The maximum Gasteiger partial charge on any atom is 0.282 e. The number of carbonyl (C=O) groups is 2. The number of nitrogens with one attached hydrogen (secondary N) is 1. The fourth-order valence-electron chi connectivity index (χ4n) is 3.56. The monoisotopic (exact) mass is 441 g/mol. The molecule has 1 aliphatic rings. The summed E-state index contributed by atoms with van der Waals surface area (Å²) < 4.78 is 0. The van der Waals surface area contributed by atoms with Crippen molar-refractivity contribution in [3.8, 4) is 0 Å².